The molecule has 0 atom stereocenters. The lowest BCUT2D eigenvalue weighted by Crippen LogP contribution is -2.25. The Morgan fingerprint density at radius 3 is 2.82 bits per heavy atom. The minimum Gasteiger partial charge on any atom is -0.369 e. The van der Waals surface area contributed by atoms with Crippen LogP contribution in [0, 0.1) is 6.92 Å². The number of fused-ring (bicyclic) bond motifs is 1. The maximum absolute atomic E-state index is 11.8. The van der Waals surface area contributed by atoms with Gasteiger partial charge in [0.2, 0.25) is 0 Å². The Morgan fingerprint density at radius 1 is 1.21 bits per heavy atom. The van der Waals surface area contributed by atoms with Crippen molar-refractivity contribution in [1.29, 1.82) is 0 Å². The normalized spacial score (nSPS) is 11.1. The maximum atomic E-state index is 11.8. The van der Waals surface area contributed by atoms with Crippen LogP contribution in [0.4, 0.5) is 5.82 Å². The fourth-order valence-corrected chi connectivity index (χ4v) is 3.02. The molecule has 4 rings (SSSR count). The van der Waals surface area contributed by atoms with Gasteiger partial charge in [0.25, 0.3) is 5.56 Å². The van der Waals surface area contributed by atoms with E-state index in [1.807, 2.05) is 32.2 Å². The van der Waals surface area contributed by atoms with E-state index in [1.54, 1.807) is 10.9 Å². The van der Waals surface area contributed by atoms with Gasteiger partial charge >= 0.3 is 5.69 Å². The van der Waals surface area contributed by atoms with E-state index < -0.39 is 11.2 Å². The van der Waals surface area contributed by atoms with Gasteiger partial charge in [-0.2, -0.15) is 5.10 Å². The van der Waals surface area contributed by atoms with Gasteiger partial charge in [-0.3, -0.25) is 19.4 Å². The fraction of sp³-hybridized carbons (Fsp3) is 0.222. The second-order valence-electron chi connectivity index (χ2n) is 6.29. The summed E-state index contributed by atoms with van der Waals surface area (Å²) in [6.07, 6.45) is 3.52. The van der Waals surface area contributed by atoms with Gasteiger partial charge in [0.1, 0.15) is 11.5 Å². The summed E-state index contributed by atoms with van der Waals surface area (Å²) in [5, 5.41) is 8.52. The summed E-state index contributed by atoms with van der Waals surface area (Å²) in [6, 6.07) is 5.55. The van der Waals surface area contributed by atoms with Crippen LogP contribution in [-0.2, 0) is 13.5 Å². The zero-order valence-electron chi connectivity index (χ0n) is 15.4. The first-order valence-corrected chi connectivity index (χ1v) is 8.70. The van der Waals surface area contributed by atoms with Crippen LogP contribution in [-0.4, -0.2) is 41.2 Å². The minimum atomic E-state index is -0.523. The molecule has 0 bridgehead atoms. The number of nitrogens with zero attached hydrogens (tertiary/aromatic N) is 5. The van der Waals surface area contributed by atoms with Crippen LogP contribution in [0.3, 0.4) is 0 Å². The Balaban J connectivity index is 1.69. The number of aryl methyl sites for hydroxylation is 2. The molecule has 10 nitrogen and oxygen atoms in total. The molecule has 0 aromatic carbocycles. The quantitative estimate of drug-likeness (QED) is 0.467. The van der Waals surface area contributed by atoms with Gasteiger partial charge in [0.05, 0.1) is 11.1 Å². The third-order valence-electron chi connectivity index (χ3n) is 4.34. The lowest BCUT2D eigenvalue weighted by Gasteiger charge is -2.09. The molecule has 0 saturated heterocycles. The molecule has 0 spiro atoms. The highest BCUT2D eigenvalue weighted by Crippen LogP contribution is 2.26. The number of hydrogen-bond donors (Lipinski definition) is 3. The molecule has 10 heteroatoms. The molecule has 28 heavy (non-hydrogen) atoms. The van der Waals surface area contributed by atoms with E-state index in [4.69, 9.17) is 0 Å². The zero-order valence-corrected chi connectivity index (χ0v) is 15.4. The molecule has 0 aliphatic heterocycles. The topological polar surface area (TPSA) is 134 Å². The van der Waals surface area contributed by atoms with Gasteiger partial charge in [0, 0.05) is 31.5 Å². The summed E-state index contributed by atoms with van der Waals surface area (Å²) < 4.78 is 1.70. The molecule has 4 aromatic rings. The van der Waals surface area contributed by atoms with Crippen molar-refractivity contribution in [2.45, 2.75) is 13.3 Å². The zero-order chi connectivity index (χ0) is 19.7. The number of H-pyrrole nitrogens is 2. The van der Waals surface area contributed by atoms with Crippen molar-refractivity contribution >= 4 is 16.9 Å². The van der Waals surface area contributed by atoms with Crippen LogP contribution < -0.4 is 16.6 Å². The van der Waals surface area contributed by atoms with Crippen LogP contribution >= 0.6 is 0 Å². The number of aromatic amines is 2. The molecule has 4 aromatic heterocycles. The molecule has 0 unspecified atom stereocenters. The second-order valence-corrected chi connectivity index (χ2v) is 6.29. The first-order valence-electron chi connectivity index (χ1n) is 8.70. The monoisotopic (exact) mass is 378 g/mol. The molecule has 3 N–H and O–H groups in total. The van der Waals surface area contributed by atoms with Crippen LogP contribution in [0.5, 0.6) is 0 Å². The first kappa shape index (κ1) is 17.6. The van der Waals surface area contributed by atoms with Gasteiger partial charge in [-0.05, 0) is 25.5 Å². The number of nitrogens with one attached hydrogen (secondary N) is 3. The third kappa shape index (κ3) is 3.27. The number of anilines is 1. The van der Waals surface area contributed by atoms with Gasteiger partial charge in [0.15, 0.2) is 11.5 Å². The van der Waals surface area contributed by atoms with Crippen molar-refractivity contribution in [3.63, 3.8) is 0 Å². The smallest absolute Gasteiger partial charge is 0.325 e. The van der Waals surface area contributed by atoms with E-state index in [-0.39, 0.29) is 0 Å². The van der Waals surface area contributed by atoms with Crippen LogP contribution in [0.15, 0.2) is 40.2 Å². The highest BCUT2D eigenvalue weighted by Gasteiger charge is 2.16. The number of aromatic nitrogens is 7. The Morgan fingerprint density at radius 2 is 2.07 bits per heavy atom. The van der Waals surface area contributed by atoms with E-state index in [0.717, 1.165) is 11.1 Å². The van der Waals surface area contributed by atoms with Gasteiger partial charge in [-0.15, -0.1) is 0 Å². The van der Waals surface area contributed by atoms with Crippen molar-refractivity contribution in [3.05, 3.63) is 62.7 Å². The molecule has 0 radical (unpaired) electrons. The van der Waals surface area contributed by atoms with Crippen LogP contribution in [0.2, 0.25) is 0 Å². The van der Waals surface area contributed by atoms with Crippen molar-refractivity contribution in [2.24, 2.45) is 7.05 Å². The lowest BCUT2D eigenvalue weighted by molar-refractivity contribution is 0.773. The SMILES string of the molecule is Cc1nn(C)c2nc(-c3ccccn3)nc(NCCc3c[nH]c(=O)[nH]c3=O)c12. The van der Waals surface area contributed by atoms with Gasteiger partial charge in [-0.1, -0.05) is 6.07 Å². The second kappa shape index (κ2) is 7.06. The van der Waals surface area contributed by atoms with Crippen molar-refractivity contribution in [3.8, 4) is 11.5 Å². The predicted molar refractivity (Wildman–Crippen MR) is 104 cm³/mol. The Labute approximate surface area is 158 Å². The average molecular weight is 378 g/mol. The molecule has 0 aliphatic rings. The predicted octanol–water partition coefficient (Wildman–Crippen LogP) is 0.765. The average Bonchev–Trinajstić information content (AvgIpc) is 2.98. The molecule has 0 aliphatic carbocycles. The summed E-state index contributed by atoms with van der Waals surface area (Å²) in [4.78, 5) is 41.2. The van der Waals surface area contributed by atoms with Gasteiger partial charge < -0.3 is 10.3 Å². The van der Waals surface area contributed by atoms with Gasteiger partial charge in [-0.25, -0.2) is 14.8 Å². The molecule has 142 valence electrons. The fourth-order valence-electron chi connectivity index (χ4n) is 3.02. The van der Waals surface area contributed by atoms with Crippen LogP contribution in [0.25, 0.3) is 22.6 Å². The number of hydrogen-bond acceptors (Lipinski definition) is 7. The summed E-state index contributed by atoms with van der Waals surface area (Å²) in [5.41, 5.74) is 1.70. The Bertz CT molecular complexity index is 1260. The number of rotatable bonds is 5. The van der Waals surface area contributed by atoms with E-state index >= 15 is 0 Å². The summed E-state index contributed by atoms with van der Waals surface area (Å²) in [7, 11) is 1.83. The highest BCUT2D eigenvalue weighted by molar-refractivity contribution is 5.90. The van der Waals surface area contributed by atoms with Crippen molar-refractivity contribution in [2.75, 3.05) is 11.9 Å². The summed E-state index contributed by atoms with van der Waals surface area (Å²) >= 11 is 0. The third-order valence-corrected chi connectivity index (χ3v) is 4.34. The van der Waals surface area contributed by atoms with Crippen molar-refractivity contribution in [1.82, 2.24) is 34.7 Å². The number of pyridine rings is 1. The largest absolute Gasteiger partial charge is 0.369 e. The maximum Gasteiger partial charge on any atom is 0.325 e. The summed E-state index contributed by atoms with van der Waals surface area (Å²) in [6.45, 7) is 2.33. The van der Waals surface area contributed by atoms with E-state index in [9.17, 15) is 9.59 Å². The van der Waals surface area contributed by atoms with E-state index in [2.05, 4.69) is 35.3 Å². The van der Waals surface area contributed by atoms with E-state index in [0.29, 0.717) is 41.5 Å². The molecule has 0 fully saturated rings. The molecular weight excluding hydrogens is 360 g/mol. The molecule has 4 heterocycles. The molecular formula is C18H18N8O2. The Hall–Kier alpha value is -3.82. The minimum absolute atomic E-state index is 0.398. The standard InChI is InChI=1S/C18H18N8O2/c1-10-13-15(20-8-6-11-9-21-18(28)24-17(11)27)22-14(12-5-3-4-7-19-12)23-16(13)26(2)25-10/h3-5,7,9H,6,8H2,1-2H3,(H,20,22,23)(H2,21,24,27,28). The molecule has 0 amide bonds. The van der Waals surface area contributed by atoms with E-state index in [1.165, 1.54) is 6.20 Å². The Kier molecular flexibility index (Phi) is 4.44. The van der Waals surface area contributed by atoms with Crippen molar-refractivity contribution < 1.29 is 0 Å². The summed E-state index contributed by atoms with van der Waals surface area (Å²) in [5.74, 6) is 1.11. The van der Waals surface area contributed by atoms with Crippen LogP contribution in [0.1, 0.15) is 11.3 Å². The highest BCUT2D eigenvalue weighted by atomic mass is 16.2. The molecule has 0 saturated carbocycles. The lowest BCUT2D eigenvalue weighted by atomic mass is 10.2. The first-order chi connectivity index (χ1) is 13.5.